The lowest BCUT2D eigenvalue weighted by Crippen LogP contribution is -2.42. The Morgan fingerprint density at radius 3 is 2.36 bits per heavy atom. The van der Waals surface area contributed by atoms with Gasteiger partial charge in [0.1, 0.15) is 11.9 Å². The molecule has 0 saturated heterocycles. The lowest BCUT2D eigenvalue weighted by Gasteiger charge is -2.24. The van der Waals surface area contributed by atoms with Gasteiger partial charge in [-0.25, -0.2) is 9.78 Å². The van der Waals surface area contributed by atoms with Gasteiger partial charge in [0.25, 0.3) is 0 Å². The number of urea groups is 1. The first-order valence-corrected chi connectivity index (χ1v) is 8.67. The quantitative estimate of drug-likeness (QED) is 0.772. The van der Waals surface area contributed by atoms with E-state index in [9.17, 15) is 4.79 Å². The van der Waals surface area contributed by atoms with E-state index in [0.717, 1.165) is 22.4 Å². The summed E-state index contributed by atoms with van der Waals surface area (Å²) in [6.07, 6.45) is 0. The molecule has 1 heterocycles. The van der Waals surface area contributed by atoms with Crippen molar-refractivity contribution in [3.05, 3.63) is 66.0 Å². The molecule has 130 valence electrons. The topological polar surface area (TPSA) is 50.2 Å². The Labute approximate surface area is 148 Å². The zero-order valence-corrected chi connectivity index (χ0v) is 14.9. The largest absolute Gasteiger partial charge is 0.329 e. The number of nitrogens with zero attached hydrogens (tertiary/aromatic N) is 3. The zero-order chi connectivity index (χ0) is 17.8. The standard InChI is InChI=1S/C20H24N4O/c1-4-24(5-2)20(25)22-18(15-11-7-6-8-12-15)19-21-16-13-9-10-14-17(16)23(19)3/h6-14,18H,4-5H2,1-3H3,(H,22,25). The minimum absolute atomic E-state index is 0.0779. The fraction of sp³-hybridized carbons (Fsp3) is 0.300. The molecule has 1 aromatic heterocycles. The van der Waals surface area contributed by atoms with Crippen LogP contribution < -0.4 is 5.32 Å². The summed E-state index contributed by atoms with van der Waals surface area (Å²) in [6, 6.07) is 17.6. The molecule has 0 spiro atoms. The van der Waals surface area contributed by atoms with Crippen LogP contribution in [-0.4, -0.2) is 33.6 Å². The molecule has 1 N–H and O–H groups in total. The Kier molecular flexibility index (Phi) is 5.03. The first-order chi connectivity index (χ1) is 12.2. The second-order valence-corrected chi connectivity index (χ2v) is 5.98. The van der Waals surface area contributed by atoms with Crippen LogP contribution >= 0.6 is 0 Å². The second-order valence-electron chi connectivity index (χ2n) is 5.98. The van der Waals surface area contributed by atoms with Crippen LogP contribution in [0.5, 0.6) is 0 Å². The lowest BCUT2D eigenvalue weighted by molar-refractivity contribution is 0.200. The maximum absolute atomic E-state index is 12.7. The van der Waals surface area contributed by atoms with Crippen LogP contribution in [0.15, 0.2) is 54.6 Å². The van der Waals surface area contributed by atoms with Crippen molar-refractivity contribution >= 4 is 17.1 Å². The van der Waals surface area contributed by atoms with Crippen LogP contribution in [0.25, 0.3) is 11.0 Å². The van der Waals surface area contributed by atoms with E-state index in [1.54, 1.807) is 4.90 Å². The number of carbonyl (C=O) groups is 1. The van der Waals surface area contributed by atoms with E-state index in [-0.39, 0.29) is 12.1 Å². The number of fused-ring (bicyclic) bond motifs is 1. The summed E-state index contributed by atoms with van der Waals surface area (Å²) in [5.41, 5.74) is 3.00. The minimum atomic E-state index is -0.299. The number of rotatable bonds is 5. The number of benzene rings is 2. The summed E-state index contributed by atoms with van der Waals surface area (Å²) in [5, 5.41) is 3.16. The van der Waals surface area contributed by atoms with Gasteiger partial charge in [-0.1, -0.05) is 42.5 Å². The minimum Gasteiger partial charge on any atom is -0.329 e. The number of nitrogens with one attached hydrogen (secondary N) is 1. The first-order valence-electron chi connectivity index (χ1n) is 8.67. The number of aryl methyl sites for hydroxylation is 1. The maximum Gasteiger partial charge on any atom is 0.318 e. The third-order valence-electron chi connectivity index (χ3n) is 4.53. The monoisotopic (exact) mass is 336 g/mol. The number of amides is 2. The van der Waals surface area contributed by atoms with Gasteiger partial charge in [-0.2, -0.15) is 0 Å². The predicted octanol–water partition coefficient (Wildman–Crippen LogP) is 3.71. The molecule has 0 fully saturated rings. The summed E-state index contributed by atoms with van der Waals surface area (Å²) in [7, 11) is 1.99. The van der Waals surface area contributed by atoms with E-state index in [2.05, 4.69) is 9.88 Å². The van der Waals surface area contributed by atoms with E-state index in [1.165, 1.54) is 0 Å². The van der Waals surface area contributed by atoms with Crippen LogP contribution in [0.4, 0.5) is 4.79 Å². The van der Waals surface area contributed by atoms with Crippen LogP contribution in [0, 0.1) is 0 Å². The molecule has 3 aromatic rings. The molecule has 1 unspecified atom stereocenters. The summed E-state index contributed by atoms with van der Waals surface area (Å²) < 4.78 is 2.05. The molecule has 1 atom stereocenters. The molecule has 25 heavy (non-hydrogen) atoms. The van der Waals surface area contributed by atoms with Crippen molar-refractivity contribution in [1.82, 2.24) is 19.8 Å². The highest BCUT2D eigenvalue weighted by Gasteiger charge is 2.24. The normalized spacial score (nSPS) is 12.1. The van der Waals surface area contributed by atoms with Gasteiger partial charge >= 0.3 is 6.03 Å². The van der Waals surface area contributed by atoms with Gasteiger partial charge in [0, 0.05) is 20.1 Å². The van der Waals surface area contributed by atoms with E-state index in [4.69, 9.17) is 4.98 Å². The molecule has 3 rings (SSSR count). The Bertz CT molecular complexity index is 853. The number of para-hydroxylation sites is 2. The Balaban J connectivity index is 2.04. The Morgan fingerprint density at radius 2 is 1.72 bits per heavy atom. The fourth-order valence-electron chi connectivity index (χ4n) is 3.09. The maximum atomic E-state index is 12.7. The average Bonchev–Trinajstić information content (AvgIpc) is 2.98. The molecular weight excluding hydrogens is 312 g/mol. The summed E-state index contributed by atoms with van der Waals surface area (Å²) >= 11 is 0. The first kappa shape index (κ1) is 17.0. The van der Waals surface area contributed by atoms with Crippen LogP contribution in [0.3, 0.4) is 0 Å². The number of carbonyl (C=O) groups excluding carboxylic acids is 1. The van der Waals surface area contributed by atoms with Crippen molar-refractivity contribution in [2.75, 3.05) is 13.1 Å². The number of imidazole rings is 1. The SMILES string of the molecule is CCN(CC)C(=O)NC(c1ccccc1)c1nc2ccccc2n1C. The van der Waals surface area contributed by atoms with Gasteiger partial charge in [-0.05, 0) is 31.5 Å². The van der Waals surface area contributed by atoms with Gasteiger partial charge in [0.2, 0.25) is 0 Å². The van der Waals surface area contributed by atoms with Crippen molar-refractivity contribution < 1.29 is 4.79 Å². The summed E-state index contributed by atoms with van der Waals surface area (Å²) in [6.45, 7) is 5.31. The Hall–Kier alpha value is -2.82. The second kappa shape index (κ2) is 7.38. The molecule has 5 heteroatoms. The van der Waals surface area contributed by atoms with Crippen LogP contribution in [0.2, 0.25) is 0 Å². The van der Waals surface area contributed by atoms with Crippen molar-refractivity contribution in [1.29, 1.82) is 0 Å². The predicted molar refractivity (Wildman–Crippen MR) is 100 cm³/mol. The summed E-state index contributed by atoms with van der Waals surface area (Å²) in [5.74, 6) is 0.827. The van der Waals surface area contributed by atoms with E-state index < -0.39 is 0 Å². The molecule has 0 aliphatic heterocycles. The number of hydrogen-bond donors (Lipinski definition) is 1. The van der Waals surface area contributed by atoms with Gasteiger partial charge in [-0.15, -0.1) is 0 Å². The van der Waals surface area contributed by atoms with Gasteiger partial charge in [-0.3, -0.25) is 0 Å². The molecule has 0 aliphatic carbocycles. The van der Waals surface area contributed by atoms with E-state index in [1.807, 2.05) is 75.5 Å². The molecule has 0 aliphatic rings. The van der Waals surface area contributed by atoms with Gasteiger partial charge in [0.05, 0.1) is 11.0 Å². The number of hydrogen-bond acceptors (Lipinski definition) is 2. The van der Waals surface area contributed by atoms with Crippen molar-refractivity contribution in [2.24, 2.45) is 7.05 Å². The average molecular weight is 336 g/mol. The Morgan fingerprint density at radius 1 is 1.08 bits per heavy atom. The molecule has 0 bridgehead atoms. The van der Waals surface area contributed by atoms with Crippen LogP contribution in [0.1, 0.15) is 31.3 Å². The van der Waals surface area contributed by atoms with Crippen molar-refractivity contribution in [2.45, 2.75) is 19.9 Å². The fourth-order valence-corrected chi connectivity index (χ4v) is 3.09. The molecule has 2 amide bonds. The van der Waals surface area contributed by atoms with E-state index >= 15 is 0 Å². The van der Waals surface area contributed by atoms with Gasteiger partial charge < -0.3 is 14.8 Å². The molecule has 2 aromatic carbocycles. The van der Waals surface area contributed by atoms with E-state index in [0.29, 0.717) is 13.1 Å². The highest BCUT2D eigenvalue weighted by molar-refractivity contribution is 5.77. The van der Waals surface area contributed by atoms with Crippen molar-refractivity contribution in [3.63, 3.8) is 0 Å². The molecular formula is C20H24N4O. The highest BCUT2D eigenvalue weighted by Crippen LogP contribution is 2.25. The molecule has 5 nitrogen and oxygen atoms in total. The number of aromatic nitrogens is 2. The third kappa shape index (κ3) is 3.36. The smallest absolute Gasteiger partial charge is 0.318 e. The lowest BCUT2D eigenvalue weighted by atomic mass is 10.1. The van der Waals surface area contributed by atoms with Crippen LogP contribution in [-0.2, 0) is 7.05 Å². The zero-order valence-electron chi connectivity index (χ0n) is 14.9. The highest BCUT2D eigenvalue weighted by atomic mass is 16.2. The molecule has 0 radical (unpaired) electrons. The third-order valence-corrected chi connectivity index (χ3v) is 4.53. The molecule has 0 saturated carbocycles. The summed E-state index contributed by atoms with van der Waals surface area (Å²) in [4.78, 5) is 19.2. The van der Waals surface area contributed by atoms with Gasteiger partial charge in [0.15, 0.2) is 0 Å². The van der Waals surface area contributed by atoms with Crippen molar-refractivity contribution in [3.8, 4) is 0 Å².